The van der Waals surface area contributed by atoms with E-state index in [9.17, 15) is 19.5 Å². The highest BCUT2D eigenvalue weighted by molar-refractivity contribution is 8.00. The first kappa shape index (κ1) is 14.8. The molecule has 2 N–H and O–H groups in total. The second-order valence-corrected chi connectivity index (χ2v) is 6.45. The molecule has 0 aromatic carbocycles. The van der Waals surface area contributed by atoms with Crippen LogP contribution in [0.25, 0.3) is 0 Å². The average Bonchev–Trinajstić information content (AvgIpc) is 2.90. The zero-order chi connectivity index (χ0) is 16.0. The Balaban J connectivity index is 1.72. The third-order valence-electron chi connectivity index (χ3n) is 3.75. The van der Waals surface area contributed by atoms with Crippen LogP contribution in [0.1, 0.15) is 6.92 Å². The minimum absolute atomic E-state index is 0.0352. The molecule has 3 heterocycles. The van der Waals surface area contributed by atoms with E-state index in [2.05, 4.69) is 10.4 Å². The molecule has 8 nitrogen and oxygen atoms in total. The highest BCUT2D eigenvalue weighted by Gasteiger charge is 2.54. The second-order valence-electron chi connectivity index (χ2n) is 5.34. The highest BCUT2D eigenvalue weighted by atomic mass is 32.2. The molecule has 3 unspecified atom stereocenters. The molecule has 0 aromatic rings. The van der Waals surface area contributed by atoms with Crippen LogP contribution in [0.2, 0.25) is 0 Å². The molecule has 22 heavy (non-hydrogen) atoms. The van der Waals surface area contributed by atoms with Gasteiger partial charge in [0.2, 0.25) is 5.91 Å². The van der Waals surface area contributed by atoms with E-state index in [-0.39, 0.29) is 22.9 Å². The zero-order valence-corrected chi connectivity index (χ0v) is 12.8. The van der Waals surface area contributed by atoms with Gasteiger partial charge >= 0.3 is 5.97 Å². The van der Waals surface area contributed by atoms with Gasteiger partial charge in [-0.05, 0) is 17.6 Å². The van der Waals surface area contributed by atoms with Crippen molar-refractivity contribution >= 4 is 42.0 Å². The fourth-order valence-electron chi connectivity index (χ4n) is 2.65. The molecule has 3 aliphatic rings. The SMILES string of the molecule is CC1=C(C(=O)O)N2C(=O)C(NC(=O)C3C=N[N+](C)=C3)C2SC1. The predicted octanol–water partition coefficient (Wildman–Crippen LogP) is -0.926. The molecule has 0 saturated carbocycles. The van der Waals surface area contributed by atoms with Crippen LogP contribution in [0.15, 0.2) is 16.4 Å². The van der Waals surface area contributed by atoms with E-state index in [4.69, 9.17) is 0 Å². The Hall–Kier alpha value is -2.16. The smallest absolute Gasteiger partial charge is 0.352 e. The minimum atomic E-state index is -1.11. The van der Waals surface area contributed by atoms with Gasteiger partial charge in [0.05, 0.1) is 6.21 Å². The van der Waals surface area contributed by atoms with E-state index < -0.39 is 17.9 Å². The van der Waals surface area contributed by atoms with Crippen molar-refractivity contribution in [1.29, 1.82) is 0 Å². The summed E-state index contributed by atoms with van der Waals surface area (Å²) in [6, 6.07) is -0.687. The number of β-lactam (4-membered cyclic amide) rings is 1. The molecule has 9 heteroatoms. The monoisotopic (exact) mass is 323 g/mol. The number of fused-ring (bicyclic) bond motifs is 1. The number of aliphatic carboxylic acids is 1. The van der Waals surface area contributed by atoms with Gasteiger partial charge in [-0.25, -0.2) is 4.79 Å². The standard InChI is InChI=1S/C13H14N4O4S/c1-6-5-22-12-8(11(19)17(12)9(6)13(20)21)15-10(18)7-3-14-16(2)4-7/h3-4,7-8,12H,5H2,1-2H3,(H-,15,18,20,21)/p+1. The summed E-state index contributed by atoms with van der Waals surface area (Å²) in [6.07, 6.45) is 3.13. The quantitative estimate of drug-likeness (QED) is 0.516. The molecule has 116 valence electrons. The number of hydrazone groups is 1. The number of amides is 2. The molecule has 3 aliphatic heterocycles. The van der Waals surface area contributed by atoms with E-state index in [1.54, 1.807) is 20.2 Å². The molecule has 0 aliphatic carbocycles. The van der Waals surface area contributed by atoms with Gasteiger partial charge in [0.1, 0.15) is 17.1 Å². The van der Waals surface area contributed by atoms with Crippen molar-refractivity contribution < 1.29 is 24.2 Å². The Morgan fingerprint density at radius 3 is 2.86 bits per heavy atom. The average molecular weight is 323 g/mol. The Labute approximate surface area is 130 Å². The second kappa shape index (κ2) is 5.24. The molecule has 3 atom stereocenters. The van der Waals surface area contributed by atoms with Crippen LogP contribution in [-0.2, 0) is 14.4 Å². The summed E-state index contributed by atoms with van der Waals surface area (Å²) in [5.41, 5.74) is 0.692. The number of nitrogens with one attached hydrogen (secondary N) is 1. The Morgan fingerprint density at radius 2 is 2.27 bits per heavy atom. The van der Waals surface area contributed by atoms with Gasteiger partial charge in [-0.15, -0.1) is 11.8 Å². The fourth-order valence-corrected chi connectivity index (χ4v) is 3.94. The number of hydrogen-bond donors (Lipinski definition) is 2. The number of nitrogens with zero attached hydrogens (tertiary/aromatic N) is 3. The van der Waals surface area contributed by atoms with E-state index in [1.807, 2.05) is 0 Å². The number of carbonyl (C=O) groups is 3. The lowest BCUT2D eigenvalue weighted by Gasteiger charge is -2.49. The van der Waals surface area contributed by atoms with Gasteiger partial charge in [0.15, 0.2) is 19.2 Å². The van der Waals surface area contributed by atoms with Crippen molar-refractivity contribution in [2.24, 2.45) is 11.0 Å². The van der Waals surface area contributed by atoms with Crippen LogP contribution < -0.4 is 5.32 Å². The summed E-state index contributed by atoms with van der Waals surface area (Å²) in [7, 11) is 1.71. The van der Waals surface area contributed by atoms with Crippen LogP contribution in [0.3, 0.4) is 0 Å². The molecule has 0 aromatic heterocycles. The van der Waals surface area contributed by atoms with Crippen LogP contribution in [0, 0.1) is 5.92 Å². The van der Waals surface area contributed by atoms with Gasteiger partial charge in [0, 0.05) is 5.75 Å². The number of carboxylic acid groups (broad SMARTS) is 1. The molecule has 0 radical (unpaired) electrons. The maximum Gasteiger partial charge on any atom is 0.352 e. The molecular weight excluding hydrogens is 308 g/mol. The van der Waals surface area contributed by atoms with Gasteiger partial charge in [-0.2, -0.15) is 0 Å². The lowest BCUT2D eigenvalue weighted by molar-refractivity contribution is -0.494. The number of rotatable bonds is 3. The number of carbonyl (C=O) groups excluding carboxylic acids is 2. The lowest BCUT2D eigenvalue weighted by atomic mass is 10.0. The summed E-state index contributed by atoms with van der Waals surface area (Å²) in [5.74, 6) is -1.78. The lowest BCUT2D eigenvalue weighted by Crippen LogP contribution is -2.71. The maximum absolute atomic E-state index is 12.2. The largest absolute Gasteiger partial charge is 0.477 e. The zero-order valence-electron chi connectivity index (χ0n) is 12.0. The molecule has 0 bridgehead atoms. The summed E-state index contributed by atoms with van der Waals surface area (Å²) in [6.45, 7) is 1.70. The normalized spacial score (nSPS) is 29.9. The van der Waals surface area contributed by atoms with Crippen molar-refractivity contribution in [3.8, 4) is 0 Å². The van der Waals surface area contributed by atoms with Crippen molar-refractivity contribution in [2.45, 2.75) is 18.3 Å². The van der Waals surface area contributed by atoms with Gasteiger partial charge in [-0.3, -0.25) is 14.5 Å². The molecular formula is C13H15N4O4S+. The van der Waals surface area contributed by atoms with Crippen molar-refractivity contribution in [2.75, 3.05) is 12.8 Å². The van der Waals surface area contributed by atoms with Crippen molar-refractivity contribution in [3.05, 3.63) is 11.3 Å². The van der Waals surface area contributed by atoms with E-state index in [0.717, 1.165) is 0 Å². The summed E-state index contributed by atoms with van der Waals surface area (Å²) in [5, 5.41) is 15.5. The van der Waals surface area contributed by atoms with Crippen LogP contribution in [0.5, 0.6) is 0 Å². The molecule has 2 amide bonds. The molecule has 3 rings (SSSR count). The summed E-state index contributed by atoms with van der Waals surface area (Å²) in [4.78, 5) is 36.9. The number of thioether (sulfide) groups is 1. The molecule has 1 saturated heterocycles. The Morgan fingerprint density at radius 1 is 1.55 bits per heavy atom. The first-order chi connectivity index (χ1) is 10.4. The third kappa shape index (κ3) is 2.21. The first-order valence-corrected chi connectivity index (χ1v) is 7.75. The maximum atomic E-state index is 12.2. The van der Waals surface area contributed by atoms with E-state index in [0.29, 0.717) is 11.3 Å². The Bertz CT molecular complexity index is 669. The van der Waals surface area contributed by atoms with Crippen LogP contribution in [0.4, 0.5) is 0 Å². The number of hydrogen-bond acceptors (Lipinski definition) is 5. The Kier molecular flexibility index (Phi) is 3.51. The first-order valence-electron chi connectivity index (χ1n) is 6.70. The topological polar surface area (TPSA) is 102 Å². The summed E-state index contributed by atoms with van der Waals surface area (Å²) >= 11 is 1.45. The van der Waals surface area contributed by atoms with Gasteiger partial charge < -0.3 is 10.4 Å². The molecule has 1 fully saturated rings. The van der Waals surface area contributed by atoms with E-state index in [1.165, 1.54) is 27.6 Å². The molecule has 0 spiro atoms. The number of carboxylic acids is 1. The van der Waals surface area contributed by atoms with Crippen molar-refractivity contribution in [3.63, 3.8) is 0 Å². The summed E-state index contributed by atoms with van der Waals surface area (Å²) < 4.78 is 1.53. The van der Waals surface area contributed by atoms with Crippen molar-refractivity contribution in [1.82, 2.24) is 10.2 Å². The van der Waals surface area contributed by atoms with Gasteiger partial charge in [0.25, 0.3) is 5.91 Å². The van der Waals surface area contributed by atoms with Crippen LogP contribution in [-0.4, -0.2) is 69.1 Å². The third-order valence-corrected chi connectivity index (χ3v) is 5.17. The van der Waals surface area contributed by atoms with E-state index >= 15 is 0 Å². The minimum Gasteiger partial charge on any atom is -0.477 e. The van der Waals surface area contributed by atoms with Gasteiger partial charge in [-0.1, -0.05) is 4.68 Å². The highest BCUT2D eigenvalue weighted by Crippen LogP contribution is 2.40. The fraction of sp³-hybridized carbons (Fsp3) is 0.462. The van der Waals surface area contributed by atoms with Crippen LogP contribution >= 0.6 is 11.8 Å². The predicted molar refractivity (Wildman–Crippen MR) is 79.6 cm³/mol.